The molecule has 15 heavy (non-hydrogen) atoms. The van der Waals surface area contributed by atoms with Crippen LogP contribution in [0, 0.1) is 5.92 Å². The molecule has 0 aromatic carbocycles. The van der Waals surface area contributed by atoms with Gasteiger partial charge < -0.3 is 5.73 Å². The molecule has 2 saturated carbocycles. The normalized spacial score (nSPS) is 25.2. The summed E-state index contributed by atoms with van der Waals surface area (Å²) < 4.78 is 2.00. The summed E-state index contributed by atoms with van der Waals surface area (Å²) >= 11 is 0. The highest BCUT2D eigenvalue weighted by molar-refractivity contribution is 5.24. The van der Waals surface area contributed by atoms with E-state index in [1.54, 1.807) is 0 Å². The van der Waals surface area contributed by atoms with Crippen molar-refractivity contribution < 1.29 is 0 Å². The Balaban J connectivity index is 1.77. The van der Waals surface area contributed by atoms with E-state index in [9.17, 15) is 0 Å². The van der Waals surface area contributed by atoms with Gasteiger partial charge in [-0.2, -0.15) is 0 Å². The molecule has 0 radical (unpaired) electrons. The molecule has 2 aliphatic carbocycles. The Labute approximate surface area is 89.8 Å². The Morgan fingerprint density at radius 3 is 2.87 bits per heavy atom. The third-order valence-corrected chi connectivity index (χ3v) is 3.85. The molecule has 4 heteroatoms. The molecule has 1 aromatic rings. The lowest BCUT2D eigenvalue weighted by Crippen LogP contribution is -2.31. The molecule has 1 atom stereocenters. The van der Waals surface area contributed by atoms with E-state index < -0.39 is 0 Å². The van der Waals surface area contributed by atoms with Gasteiger partial charge in [0.25, 0.3) is 0 Å². The van der Waals surface area contributed by atoms with E-state index in [1.807, 2.05) is 4.68 Å². The van der Waals surface area contributed by atoms with Crippen molar-refractivity contribution in [2.24, 2.45) is 11.7 Å². The highest BCUT2D eigenvalue weighted by Crippen LogP contribution is 2.49. The fraction of sp³-hybridized carbons (Fsp3) is 0.818. The first-order valence-electron chi connectivity index (χ1n) is 5.87. The summed E-state index contributed by atoms with van der Waals surface area (Å²) in [6.45, 7) is 3.12. The van der Waals surface area contributed by atoms with Crippen LogP contribution < -0.4 is 5.73 Å². The van der Waals surface area contributed by atoms with Crippen molar-refractivity contribution in [1.82, 2.24) is 15.0 Å². The summed E-state index contributed by atoms with van der Waals surface area (Å²) in [4.78, 5) is 0. The van der Waals surface area contributed by atoms with Gasteiger partial charge in [-0.1, -0.05) is 5.21 Å². The lowest BCUT2D eigenvalue weighted by molar-refractivity contribution is 0.539. The molecule has 0 spiro atoms. The quantitative estimate of drug-likeness (QED) is 0.801. The zero-order valence-electron chi connectivity index (χ0n) is 9.19. The van der Waals surface area contributed by atoms with Gasteiger partial charge in [-0.3, -0.25) is 4.68 Å². The third kappa shape index (κ3) is 1.57. The van der Waals surface area contributed by atoms with Gasteiger partial charge in [-0.15, -0.1) is 5.10 Å². The van der Waals surface area contributed by atoms with Crippen molar-refractivity contribution in [3.63, 3.8) is 0 Å². The second kappa shape index (κ2) is 3.04. The van der Waals surface area contributed by atoms with Crippen LogP contribution in [0.4, 0.5) is 0 Å². The number of rotatable bonds is 4. The summed E-state index contributed by atoms with van der Waals surface area (Å²) in [6.07, 6.45) is 7.16. The first-order valence-corrected chi connectivity index (χ1v) is 5.87. The smallest absolute Gasteiger partial charge is 0.0904 e. The fourth-order valence-electron chi connectivity index (χ4n) is 2.26. The average molecular weight is 206 g/mol. The minimum Gasteiger partial charge on any atom is -0.327 e. The van der Waals surface area contributed by atoms with E-state index in [-0.39, 0.29) is 11.5 Å². The van der Waals surface area contributed by atoms with Crippen LogP contribution in [0.2, 0.25) is 0 Å². The fourth-order valence-corrected chi connectivity index (χ4v) is 2.26. The van der Waals surface area contributed by atoms with Gasteiger partial charge in [0, 0.05) is 24.2 Å². The maximum atomic E-state index is 6.01. The number of hydrogen-bond donors (Lipinski definition) is 1. The van der Waals surface area contributed by atoms with Crippen molar-refractivity contribution in [1.29, 1.82) is 0 Å². The monoisotopic (exact) mass is 206 g/mol. The summed E-state index contributed by atoms with van der Waals surface area (Å²) in [5, 5.41) is 8.48. The highest BCUT2D eigenvalue weighted by atomic mass is 15.4. The Hall–Kier alpha value is -0.900. The predicted octanol–water partition coefficient (Wildman–Crippen LogP) is 1.07. The molecule has 1 unspecified atom stereocenters. The first kappa shape index (κ1) is 9.33. The van der Waals surface area contributed by atoms with Crippen molar-refractivity contribution in [2.75, 3.05) is 0 Å². The second-order valence-electron chi connectivity index (χ2n) is 5.21. The second-order valence-corrected chi connectivity index (χ2v) is 5.21. The van der Waals surface area contributed by atoms with Crippen LogP contribution >= 0.6 is 0 Å². The number of nitrogens with two attached hydrogens (primary N) is 1. The minimum atomic E-state index is 0.155. The van der Waals surface area contributed by atoms with Gasteiger partial charge in [0.2, 0.25) is 0 Å². The Kier molecular flexibility index (Phi) is 1.89. The molecule has 3 rings (SSSR count). The Bertz CT molecular complexity index is 360. The van der Waals surface area contributed by atoms with Crippen molar-refractivity contribution >= 4 is 0 Å². The lowest BCUT2D eigenvalue weighted by atomic mass is 9.95. The van der Waals surface area contributed by atoms with Crippen LogP contribution in [-0.4, -0.2) is 21.0 Å². The standard InChI is InChI=1S/C11H18N4/c1-8(12)11(4-5-11)10-7-15(14-13-10)6-9-2-3-9/h7-9H,2-6,12H2,1H3. The van der Waals surface area contributed by atoms with Gasteiger partial charge in [0.05, 0.1) is 5.69 Å². The zero-order chi connectivity index (χ0) is 10.5. The molecule has 2 N–H and O–H groups in total. The van der Waals surface area contributed by atoms with Crippen LogP contribution in [0.3, 0.4) is 0 Å². The molecule has 0 bridgehead atoms. The van der Waals surface area contributed by atoms with E-state index in [1.165, 1.54) is 25.7 Å². The predicted molar refractivity (Wildman–Crippen MR) is 57.3 cm³/mol. The molecule has 82 valence electrons. The van der Waals surface area contributed by atoms with Crippen LogP contribution in [0.25, 0.3) is 0 Å². The van der Waals surface area contributed by atoms with Gasteiger partial charge in [0.1, 0.15) is 0 Å². The molecular formula is C11H18N4. The number of hydrogen-bond acceptors (Lipinski definition) is 3. The van der Waals surface area contributed by atoms with Gasteiger partial charge in [0.15, 0.2) is 0 Å². The topological polar surface area (TPSA) is 56.7 Å². The molecule has 4 nitrogen and oxygen atoms in total. The lowest BCUT2D eigenvalue weighted by Gasteiger charge is -2.15. The van der Waals surface area contributed by atoms with Gasteiger partial charge in [-0.05, 0) is 38.5 Å². The van der Waals surface area contributed by atoms with Gasteiger partial charge in [-0.25, -0.2) is 0 Å². The summed E-state index contributed by atoms with van der Waals surface area (Å²) in [5.41, 5.74) is 7.27. The Morgan fingerprint density at radius 2 is 2.33 bits per heavy atom. The third-order valence-electron chi connectivity index (χ3n) is 3.85. The van der Waals surface area contributed by atoms with E-state index in [0.717, 1.165) is 18.2 Å². The first-order chi connectivity index (χ1) is 7.21. The molecule has 0 aliphatic heterocycles. The van der Waals surface area contributed by atoms with E-state index >= 15 is 0 Å². The minimum absolute atomic E-state index is 0.155. The van der Waals surface area contributed by atoms with E-state index in [0.29, 0.717) is 0 Å². The Morgan fingerprint density at radius 1 is 1.60 bits per heavy atom. The maximum Gasteiger partial charge on any atom is 0.0904 e. The SMILES string of the molecule is CC(N)C1(c2cn(CC3CC3)nn2)CC1. The van der Waals surface area contributed by atoms with Crippen LogP contribution in [0.15, 0.2) is 6.20 Å². The molecule has 0 amide bonds. The maximum absolute atomic E-state index is 6.01. The van der Waals surface area contributed by atoms with Crippen LogP contribution in [-0.2, 0) is 12.0 Å². The highest BCUT2D eigenvalue weighted by Gasteiger charge is 2.49. The summed E-state index contributed by atoms with van der Waals surface area (Å²) in [6, 6.07) is 0.198. The number of aromatic nitrogens is 3. The average Bonchev–Trinajstić information content (AvgIpc) is 3.07. The molecular weight excluding hydrogens is 188 g/mol. The van der Waals surface area contributed by atoms with Crippen molar-refractivity contribution in [3.8, 4) is 0 Å². The van der Waals surface area contributed by atoms with Crippen molar-refractivity contribution in [3.05, 3.63) is 11.9 Å². The van der Waals surface area contributed by atoms with E-state index in [2.05, 4.69) is 23.4 Å². The van der Waals surface area contributed by atoms with Crippen LogP contribution in [0.5, 0.6) is 0 Å². The van der Waals surface area contributed by atoms with Crippen LogP contribution in [0.1, 0.15) is 38.3 Å². The van der Waals surface area contributed by atoms with Crippen molar-refractivity contribution in [2.45, 2.75) is 50.6 Å². The molecule has 1 heterocycles. The summed E-state index contributed by atoms with van der Waals surface area (Å²) in [7, 11) is 0. The largest absolute Gasteiger partial charge is 0.327 e. The number of nitrogens with zero attached hydrogens (tertiary/aromatic N) is 3. The molecule has 2 aliphatic rings. The zero-order valence-corrected chi connectivity index (χ0v) is 9.19. The molecule has 2 fully saturated rings. The summed E-state index contributed by atoms with van der Waals surface area (Å²) in [5.74, 6) is 0.852. The molecule has 0 saturated heterocycles. The van der Waals surface area contributed by atoms with Gasteiger partial charge >= 0.3 is 0 Å². The molecule has 1 aromatic heterocycles. The van der Waals surface area contributed by atoms with E-state index in [4.69, 9.17) is 5.73 Å².